The minimum Gasteiger partial charge on any atom is -0.312 e. The topological polar surface area (TPSA) is 61.4 Å². The lowest BCUT2D eigenvalue weighted by Crippen LogP contribution is -2.17. The van der Waals surface area contributed by atoms with Gasteiger partial charge in [-0.15, -0.1) is 11.3 Å². The predicted octanol–water partition coefficient (Wildman–Crippen LogP) is 3.89. The molecule has 26 heavy (non-hydrogen) atoms. The lowest BCUT2D eigenvalue weighted by atomic mass is 10.1. The first-order valence-corrected chi connectivity index (χ1v) is 9.12. The maximum absolute atomic E-state index is 14.0. The zero-order chi connectivity index (χ0) is 18.4. The number of hydrogen-bond acceptors (Lipinski definition) is 4. The van der Waals surface area contributed by atoms with Gasteiger partial charge in [-0.25, -0.2) is 9.87 Å². The molecule has 0 bridgehead atoms. The van der Waals surface area contributed by atoms with Crippen molar-refractivity contribution in [3.8, 4) is 0 Å². The van der Waals surface area contributed by atoms with Crippen LogP contribution in [0.1, 0.15) is 16.7 Å². The summed E-state index contributed by atoms with van der Waals surface area (Å²) < 4.78 is 15.3. The number of carbonyl (C=O) groups excluding carboxylic acids is 1. The highest BCUT2D eigenvalue weighted by molar-refractivity contribution is 7.17. The van der Waals surface area contributed by atoms with Crippen LogP contribution in [0.4, 0.5) is 4.39 Å². The highest BCUT2D eigenvalue weighted by Gasteiger charge is 2.04. The number of rotatable bonds is 7. The zero-order valence-corrected chi connectivity index (χ0v) is 14.9. The highest BCUT2D eigenvalue weighted by Crippen LogP contribution is 2.24. The van der Waals surface area contributed by atoms with Crippen LogP contribution in [0.15, 0.2) is 53.9 Å². The maximum Gasteiger partial charge on any atom is 0.267 e. The van der Waals surface area contributed by atoms with E-state index in [2.05, 4.69) is 35.0 Å². The fraction of sp³-hybridized carbons (Fsp3) is 0.150. The maximum atomic E-state index is 14.0. The molecule has 134 valence electrons. The third-order valence-electron chi connectivity index (χ3n) is 4.08. The molecule has 0 unspecified atom stereocenters. The van der Waals surface area contributed by atoms with E-state index in [1.807, 2.05) is 6.07 Å². The predicted molar refractivity (Wildman–Crippen MR) is 103 cm³/mol. The number of amides is 1. The average molecular weight is 370 g/mol. The van der Waals surface area contributed by atoms with E-state index in [4.69, 9.17) is 5.21 Å². The molecule has 3 rings (SSSR count). The van der Waals surface area contributed by atoms with Gasteiger partial charge in [0.05, 0.1) is 0 Å². The molecule has 3 aromatic rings. The van der Waals surface area contributed by atoms with Gasteiger partial charge in [-0.1, -0.05) is 24.3 Å². The summed E-state index contributed by atoms with van der Waals surface area (Å²) in [6, 6.07) is 13.4. The smallest absolute Gasteiger partial charge is 0.267 e. The molecule has 3 N–H and O–H groups in total. The largest absolute Gasteiger partial charge is 0.312 e. The summed E-state index contributed by atoms with van der Waals surface area (Å²) in [6.45, 7) is 1.37. The summed E-state index contributed by atoms with van der Waals surface area (Å²) in [6.07, 6.45) is 3.30. The Morgan fingerprint density at radius 3 is 2.92 bits per heavy atom. The summed E-state index contributed by atoms with van der Waals surface area (Å²) in [5, 5.41) is 15.2. The van der Waals surface area contributed by atoms with Crippen molar-refractivity contribution in [1.29, 1.82) is 0 Å². The Morgan fingerprint density at radius 1 is 1.23 bits per heavy atom. The van der Waals surface area contributed by atoms with Crippen LogP contribution in [0.2, 0.25) is 0 Å². The highest BCUT2D eigenvalue weighted by atomic mass is 32.1. The Hall–Kier alpha value is -2.54. The van der Waals surface area contributed by atoms with Crippen molar-refractivity contribution in [2.45, 2.75) is 13.0 Å². The average Bonchev–Trinajstić information content (AvgIpc) is 3.13. The summed E-state index contributed by atoms with van der Waals surface area (Å²) in [5.74, 6) is -1.11. The van der Waals surface area contributed by atoms with E-state index in [-0.39, 0.29) is 0 Å². The molecule has 1 heterocycles. The summed E-state index contributed by atoms with van der Waals surface area (Å²) >= 11 is 1.74. The molecule has 0 aliphatic heterocycles. The molecule has 0 aliphatic carbocycles. The van der Waals surface area contributed by atoms with Gasteiger partial charge in [-0.05, 0) is 59.1 Å². The lowest BCUT2D eigenvalue weighted by molar-refractivity contribution is -0.124. The van der Waals surface area contributed by atoms with Crippen LogP contribution in [-0.2, 0) is 17.8 Å². The fourth-order valence-electron chi connectivity index (χ4n) is 2.75. The normalized spacial score (nSPS) is 11.3. The van der Waals surface area contributed by atoms with Crippen molar-refractivity contribution in [3.05, 3.63) is 76.4 Å². The van der Waals surface area contributed by atoms with Gasteiger partial charge in [-0.2, -0.15) is 0 Å². The van der Waals surface area contributed by atoms with Crippen molar-refractivity contribution in [3.63, 3.8) is 0 Å². The fourth-order valence-corrected chi connectivity index (χ4v) is 3.58. The molecular formula is C20H19FN2O2S. The minimum absolute atomic E-state index is 0.293. The van der Waals surface area contributed by atoms with Crippen LogP contribution >= 0.6 is 11.3 Å². The first-order valence-electron chi connectivity index (χ1n) is 8.24. The number of thiophene rings is 1. The van der Waals surface area contributed by atoms with Gasteiger partial charge in [0.15, 0.2) is 0 Å². The number of carbonyl (C=O) groups is 1. The van der Waals surface area contributed by atoms with E-state index < -0.39 is 11.7 Å². The molecule has 0 spiro atoms. The summed E-state index contributed by atoms with van der Waals surface area (Å²) in [4.78, 5) is 10.9. The van der Waals surface area contributed by atoms with Gasteiger partial charge in [0.25, 0.3) is 5.91 Å². The van der Waals surface area contributed by atoms with Crippen LogP contribution in [0.5, 0.6) is 0 Å². The van der Waals surface area contributed by atoms with Gasteiger partial charge in [-0.3, -0.25) is 10.0 Å². The van der Waals surface area contributed by atoms with Crippen molar-refractivity contribution >= 4 is 33.4 Å². The minimum atomic E-state index is -0.698. The van der Waals surface area contributed by atoms with E-state index in [0.717, 1.165) is 24.6 Å². The molecule has 0 fully saturated rings. The number of benzene rings is 2. The van der Waals surface area contributed by atoms with E-state index >= 15 is 0 Å². The Bertz CT molecular complexity index is 936. The second-order valence-electron chi connectivity index (χ2n) is 5.84. The number of nitrogens with one attached hydrogen (secondary N) is 2. The van der Waals surface area contributed by atoms with Crippen molar-refractivity contribution in [2.75, 3.05) is 6.54 Å². The first-order chi connectivity index (χ1) is 12.7. The van der Waals surface area contributed by atoms with Crippen LogP contribution in [0.25, 0.3) is 16.2 Å². The van der Waals surface area contributed by atoms with E-state index in [1.54, 1.807) is 17.4 Å². The SMILES string of the molecule is O=C(/C=C/c1ccc(CNCCc2cccc3sccc23)cc1F)NO. The molecule has 0 saturated heterocycles. The Balaban J connectivity index is 1.53. The third kappa shape index (κ3) is 4.54. The Morgan fingerprint density at radius 2 is 2.12 bits per heavy atom. The van der Waals surface area contributed by atoms with Crippen LogP contribution in [-0.4, -0.2) is 17.7 Å². The van der Waals surface area contributed by atoms with Gasteiger partial charge in [0.1, 0.15) is 5.82 Å². The monoisotopic (exact) mass is 370 g/mol. The van der Waals surface area contributed by atoms with E-state index in [0.29, 0.717) is 12.1 Å². The summed E-state index contributed by atoms with van der Waals surface area (Å²) in [5.41, 5.74) is 3.90. The summed E-state index contributed by atoms with van der Waals surface area (Å²) in [7, 11) is 0. The van der Waals surface area contributed by atoms with Crippen molar-refractivity contribution in [1.82, 2.24) is 10.8 Å². The quantitative estimate of drug-likeness (QED) is 0.256. The molecule has 1 amide bonds. The standard InChI is InChI=1S/C20H19FN2O2S/c21-18-12-14(4-5-16(18)6-7-20(24)23-25)13-22-10-8-15-2-1-3-19-17(15)9-11-26-19/h1-7,9,11-12,22,25H,8,10,13H2,(H,23,24)/b7-6+. The molecule has 0 atom stereocenters. The molecule has 4 nitrogen and oxygen atoms in total. The molecule has 0 saturated carbocycles. The number of hydrogen-bond donors (Lipinski definition) is 3. The molecule has 6 heteroatoms. The first kappa shape index (κ1) is 18.3. The third-order valence-corrected chi connectivity index (χ3v) is 4.96. The lowest BCUT2D eigenvalue weighted by Gasteiger charge is -2.07. The molecular weight excluding hydrogens is 351 g/mol. The Labute approximate surface area is 154 Å². The van der Waals surface area contributed by atoms with Crippen molar-refractivity contribution < 1.29 is 14.4 Å². The molecule has 2 aromatic carbocycles. The van der Waals surface area contributed by atoms with Crippen LogP contribution < -0.4 is 10.8 Å². The second kappa shape index (κ2) is 8.71. The Kier molecular flexibility index (Phi) is 6.12. The zero-order valence-electron chi connectivity index (χ0n) is 14.0. The number of halogens is 1. The van der Waals surface area contributed by atoms with Gasteiger partial charge < -0.3 is 5.32 Å². The van der Waals surface area contributed by atoms with Crippen LogP contribution in [0, 0.1) is 5.82 Å². The van der Waals surface area contributed by atoms with Crippen molar-refractivity contribution in [2.24, 2.45) is 0 Å². The van der Waals surface area contributed by atoms with Gasteiger partial charge in [0, 0.05) is 22.9 Å². The molecule has 0 radical (unpaired) electrons. The van der Waals surface area contributed by atoms with Gasteiger partial charge in [0.2, 0.25) is 0 Å². The molecule has 0 aliphatic rings. The van der Waals surface area contributed by atoms with E-state index in [9.17, 15) is 9.18 Å². The number of hydroxylamine groups is 1. The van der Waals surface area contributed by atoms with Gasteiger partial charge >= 0.3 is 0 Å². The number of fused-ring (bicyclic) bond motifs is 1. The molecule has 1 aromatic heterocycles. The second-order valence-corrected chi connectivity index (χ2v) is 6.79. The van der Waals surface area contributed by atoms with Crippen LogP contribution in [0.3, 0.4) is 0 Å². The van der Waals surface area contributed by atoms with E-state index in [1.165, 1.54) is 33.3 Å².